The fraction of sp³-hybridized carbons (Fsp3) is 0.895. The molecule has 0 aromatic rings. The van der Waals surface area contributed by atoms with Crippen LogP contribution in [0.1, 0.15) is 53.4 Å². The molecule has 0 aromatic carbocycles. The summed E-state index contributed by atoms with van der Waals surface area (Å²) in [6.07, 6.45) is 4.01. The number of piperidine rings is 1. The van der Waals surface area contributed by atoms with Gasteiger partial charge in [-0.2, -0.15) is 0 Å². The molecule has 1 heterocycles. The molecule has 0 aromatic heterocycles. The molecule has 1 fully saturated rings. The van der Waals surface area contributed by atoms with Crippen molar-refractivity contribution in [3.05, 3.63) is 0 Å². The quantitative estimate of drug-likeness (QED) is 0.282. The van der Waals surface area contributed by atoms with Crippen LogP contribution in [0.5, 0.6) is 0 Å². The third-order valence-corrected chi connectivity index (χ3v) is 4.79. The van der Waals surface area contributed by atoms with Gasteiger partial charge in [-0.05, 0) is 59.2 Å². The molecular weight excluding hydrogens is 316 g/mol. The van der Waals surface area contributed by atoms with E-state index < -0.39 is 0 Å². The number of esters is 1. The summed E-state index contributed by atoms with van der Waals surface area (Å²) in [6, 6.07) is 0. The van der Waals surface area contributed by atoms with Crippen LogP contribution in [0.25, 0.3) is 0 Å². The first-order valence-electron chi connectivity index (χ1n) is 10.1. The highest BCUT2D eigenvalue weighted by molar-refractivity contribution is 5.80. The molecule has 1 saturated heterocycles. The van der Waals surface area contributed by atoms with Crippen LogP contribution in [-0.4, -0.2) is 74.1 Å². The number of carbonyl (C=O) groups is 1. The van der Waals surface area contributed by atoms with Gasteiger partial charge in [-0.3, -0.25) is 9.79 Å². The topological polar surface area (TPSA) is 57.2 Å². The lowest BCUT2D eigenvalue weighted by atomic mass is 9.97. The van der Waals surface area contributed by atoms with E-state index >= 15 is 0 Å². The third-order valence-electron chi connectivity index (χ3n) is 4.79. The van der Waals surface area contributed by atoms with Gasteiger partial charge in [-0.1, -0.05) is 13.8 Å². The maximum atomic E-state index is 11.9. The number of carbonyl (C=O) groups excluding carboxylic acids is 1. The van der Waals surface area contributed by atoms with Gasteiger partial charge in [-0.25, -0.2) is 0 Å². The Kier molecular flexibility index (Phi) is 11.3. The Hall–Kier alpha value is -1.30. The molecule has 0 radical (unpaired) electrons. The molecule has 0 aliphatic carbocycles. The molecule has 0 amide bonds. The number of rotatable bonds is 10. The molecule has 1 rings (SSSR count). The SMILES string of the molecule is CCNC(=NCCCCN(CC)CC)N1CCC(C(=O)OCC)CC1. The lowest BCUT2D eigenvalue weighted by molar-refractivity contribution is -0.149. The lowest BCUT2D eigenvalue weighted by Crippen LogP contribution is -2.46. The standard InChI is InChI=1S/C19H38N4O2/c1-5-20-19(21-13-9-10-14-22(6-2)7-3)23-15-11-17(12-16-23)18(24)25-8-4/h17H,5-16H2,1-4H3,(H,20,21). The first-order valence-corrected chi connectivity index (χ1v) is 10.1. The summed E-state index contributed by atoms with van der Waals surface area (Å²) in [5.41, 5.74) is 0. The second-order valence-corrected chi connectivity index (χ2v) is 6.48. The minimum Gasteiger partial charge on any atom is -0.466 e. The Morgan fingerprint density at radius 3 is 2.40 bits per heavy atom. The van der Waals surface area contributed by atoms with Crippen molar-refractivity contribution in [2.24, 2.45) is 10.9 Å². The predicted molar refractivity (Wildman–Crippen MR) is 104 cm³/mol. The van der Waals surface area contributed by atoms with Crippen molar-refractivity contribution < 1.29 is 9.53 Å². The van der Waals surface area contributed by atoms with Gasteiger partial charge in [0, 0.05) is 26.2 Å². The fourth-order valence-electron chi connectivity index (χ4n) is 3.18. The smallest absolute Gasteiger partial charge is 0.309 e. The number of ether oxygens (including phenoxy) is 1. The van der Waals surface area contributed by atoms with Gasteiger partial charge in [-0.15, -0.1) is 0 Å². The highest BCUT2D eigenvalue weighted by atomic mass is 16.5. The molecule has 1 N–H and O–H groups in total. The van der Waals surface area contributed by atoms with Crippen molar-refractivity contribution in [3.63, 3.8) is 0 Å². The van der Waals surface area contributed by atoms with Gasteiger partial charge in [0.05, 0.1) is 12.5 Å². The van der Waals surface area contributed by atoms with Crippen LogP contribution >= 0.6 is 0 Å². The Morgan fingerprint density at radius 2 is 1.84 bits per heavy atom. The summed E-state index contributed by atoms with van der Waals surface area (Å²) in [7, 11) is 0. The summed E-state index contributed by atoms with van der Waals surface area (Å²) in [5, 5.41) is 3.39. The Bertz CT molecular complexity index is 389. The van der Waals surface area contributed by atoms with Crippen molar-refractivity contribution in [2.45, 2.75) is 53.4 Å². The Labute approximate surface area is 154 Å². The van der Waals surface area contributed by atoms with E-state index in [1.807, 2.05) is 6.92 Å². The van der Waals surface area contributed by atoms with E-state index in [4.69, 9.17) is 9.73 Å². The van der Waals surface area contributed by atoms with Crippen molar-refractivity contribution in [1.82, 2.24) is 15.1 Å². The summed E-state index contributed by atoms with van der Waals surface area (Å²) >= 11 is 0. The van der Waals surface area contributed by atoms with Crippen LogP contribution < -0.4 is 5.32 Å². The van der Waals surface area contributed by atoms with Gasteiger partial charge < -0.3 is 19.9 Å². The average Bonchev–Trinajstić information content (AvgIpc) is 2.64. The number of unbranched alkanes of at least 4 members (excludes halogenated alkanes) is 1. The molecule has 0 unspecified atom stereocenters. The van der Waals surface area contributed by atoms with E-state index in [0.717, 1.165) is 71.0 Å². The van der Waals surface area contributed by atoms with Crippen LogP contribution in [0.4, 0.5) is 0 Å². The zero-order valence-electron chi connectivity index (χ0n) is 16.7. The van der Waals surface area contributed by atoms with Crippen LogP contribution in [0.15, 0.2) is 4.99 Å². The maximum absolute atomic E-state index is 11.9. The number of likely N-dealkylation sites (tertiary alicyclic amines) is 1. The summed E-state index contributed by atoms with van der Waals surface area (Å²) in [4.78, 5) is 21.4. The predicted octanol–water partition coefficient (Wildman–Crippen LogP) is 2.35. The second-order valence-electron chi connectivity index (χ2n) is 6.48. The normalized spacial score (nSPS) is 16.4. The molecule has 1 aliphatic rings. The molecule has 0 saturated carbocycles. The van der Waals surface area contributed by atoms with Gasteiger partial charge in [0.25, 0.3) is 0 Å². The molecular formula is C19H38N4O2. The Morgan fingerprint density at radius 1 is 1.16 bits per heavy atom. The summed E-state index contributed by atoms with van der Waals surface area (Å²) in [6.45, 7) is 15.7. The summed E-state index contributed by atoms with van der Waals surface area (Å²) < 4.78 is 5.15. The average molecular weight is 355 g/mol. The molecule has 6 heteroatoms. The molecule has 0 spiro atoms. The van der Waals surface area contributed by atoms with E-state index in [2.05, 4.69) is 35.9 Å². The van der Waals surface area contributed by atoms with Crippen molar-refractivity contribution in [2.75, 3.05) is 52.4 Å². The first-order chi connectivity index (χ1) is 12.2. The number of hydrogen-bond acceptors (Lipinski definition) is 4. The van der Waals surface area contributed by atoms with Crippen LogP contribution in [0.3, 0.4) is 0 Å². The minimum atomic E-state index is -0.0412. The van der Waals surface area contributed by atoms with Gasteiger partial charge in [0.15, 0.2) is 5.96 Å². The van der Waals surface area contributed by atoms with E-state index in [-0.39, 0.29) is 11.9 Å². The maximum Gasteiger partial charge on any atom is 0.309 e. The summed E-state index contributed by atoms with van der Waals surface area (Å²) in [5.74, 6) is 1.00. The van der Waals surface area contributed by atoms with Crippen molar-refractivity contribution in [1.29, 1.82) is 0 Å². The molecule has 146 valence electrons. The highest BCUT2D eigenvalue weighted by Crippen LogP contribution is 2.18. The van der Waals surface area contributed by atoms with Crippen molar-refractivity contribution in [3.8, 4) is 0 Å². The number of guanidine groups is 1. The second kappa shape index (κ2) is 13.0. The number of nitrogens with zero attached hydrogens (tertiary/aromatic N) is 3. The van der Waals surface area contributed by atoms with Crippen LogP contribution in [0, 0.1) is 5.92 Å². The van der Waals surface area contributed by atoms with E-state index in [1.54, 1.807) is 0 Å². The van der Waals surface area contributed by atoms with E-state index in [9.17, 15) is 4.79 Å². The molecule has 1 aliphatic heterocycles. The molecule has 25 heavy (non-hydrogen) atoms. The molecule has 0 bridgehead atoms. The third kappa shape index (κ3) is 8.08. The number of aliphatic imine (C=N–C) groups is 1. The lowest BCUT2D eigenvalue weighted by Gasteiger charge is -2.33. The van der Waals surface area contributed by atoms with Gasteiger partial charge in [0.1, 0.15) is 0 Å². The van der Waals surface area contributed by atoms with Crippen LogP contribution in [0.2, 0.25) is 0 Å². The van der Waals surface area contributed by atoms with E-state index in [0.29, 0.717) is 6.61 Å². The molecule has 0 atom stereocenters. The van der Waals surface area contributed by atoms with Gasteiger partial charge >= 0.3 is 5.97 Å². The zero-order valence-corrected chi connectivity index (χ0v) is 16.7. The monoisotopic (exact) mass is 354 g/mol. The highest BCUT2D eigenvalue weighted by Gasteiger charge is 2.27. The number of nitrogens with one attached hydrogen (secondary N) is 1. The zero-order chi connectivity index (χ0) is 18.5. The number of hydrogen-bond donors (Lipinski definition) is 1. The first kappa shape index (κ1) is 21.7. The fourth-order valence-corrected chi connectivity index (χ4v) is 3.18. The van der Waals surface area contributed by atoms with Gasteiger partial charge in [0.2, 0.25) is 0 Å². The van der Waals surface area contributed by atoms with Crippen LogP contribution in [-0.2, 0) is 9.53 Å². The van der Waals surface area contributed by atoms with E-state index in [1.165, 1.54) is 6.42 Å². The minimum absolute atomic E-state index is 0.0412. The Balaban J connectivity index is 2.39. The largest absolute Gasteiger partial charge is 0.466 e. The molecule has 6 nitrogen and oxygen atoms in total. The van der Waals surface area contributed by atoms with Crippen molar-refractivity contribution >= 4 is 11.9 Å².